The molecule has 1 fully saturated rings. The van der Waals surface area contributed by atoms with Crippen molar-refractivity contribution in [2.75, 3.05) is 31.9 Å². The van der Waals surface area contributed by atoms with Crippen LogP contribution in [0.3, 0.4) is 0 Å². The lowest BCUT2D eigenvalue weighted by Crippen LogP contribution is -2.39. The summed E-state index contributed by atoms with van der Waals surface area (Å²) in [5.41, 5.74) is 5.62. The van der Waals surface area contributed by atoms with Crippen LogP contribution >= 0.6 is 0 Å². The molecule has 1 aliphatic rings. The average Bonchev–Trinajstić information content (AvgIpc) is 2.40. The lowest BCUT2D eigenvalue weighted by Gasteiger charge is -2.30. The van der Waals surface area contributed by atoms with Crippen molar-refractivity contribution in [3.8, 4) is 0 Å². The molecule has 0 saturated carbocycles. The van der Waals surface area contributed by atoms with Gasteiger partial charge in [0.1, 0.15) is 10.7 Å². The zero-order valence-electron chi connectivity index (χ0n) is 12.2. The number of anilines is 1. The zero-order chi connectivity index (χ0) is 15.5. The maximum atomic E-state index is 13.7. The van der Waals surface area contributed by atoms with Crippen molar-refractivity contribution in [3.05, 3.63) is 24.0 Å². The van der Waals surface area contributed by atoms with Gasteiger partial charge >= 0.3 is 0 Å². The van der Waals surface area contributed by atoms with Gasteiger partial charge < -0.3 is 10.6 Å². The Balaban J connectivity index is 1.89. The molecule has 21 heavy (non-hydrogen) atoms. The Morgan fingerprint density at radius 3 is 2.67 bits per heavy atom. The van der Waals surface area contributed by atoms with Crippen LogP contribution in [-0.4, -0.2) is 39.5 Å². The van der Waals surface area contributed by atoms with Crippen LogP contribution in [0.5, 0.6) is 0 Å². The highest BCUT2D eigenvalue weighted by molar-refractivity contribution is 7.89. The maximum Gasteiger partial charge on any atom is 0.243 e. The van der Waals surface area contributed by atoms with E-state index in [-0.39, 0.29) is 17.1 Å². The number of hydrogen-bond acceptors (Lipinski definition) is 4. The molecule has 2 rings (SSSR count). The van der Waals surface area contributed by atoms with E-state index >= 15 is 0 Å². The van der Waals surface area contributed by atoms with Crippen LogP contribution in [0.4, 0.5) is 10.1 Å². The summed E-state index contributed by atoms with van der Waals surface area (Å²) in [6.07, 6.45) is 2.28. The second kappa shape index (κ2) is 6.72. The van der Waals surface area contributed by atoms with Gasteiger partial charge in [-0.1, -0.05) is 6.92 Å². The van der Waals surface area contributed by atoms with Crippen LogP contribution in [0.1, 0.15) is 19.8 Å². The molecular formula is C14H22FN3O2S. The van der Waals surface area contributed by atoms with E-state index in [0.29, 0.717) is 6.54 Å². The van der Waals surface area contributed by atoms with E-state index in [1.54, 1.807) is 0 Å². The quantitative estimate of drug-likeness (QED) is 0.806. The molecule has 0 amide bonds. The van der Waals surface area contributed by atoms with Crippen molar-refractivity contribution in [1.29, 1.82) is 0 Å². The summed E-state index contributed by atoms with van der Waals surface area (Å²) in [5.74, 6) is -0.0869. The largest absolute Gasteiger partial charge is 0.399 e. The molecular weight excluding hydrogens is 293 g/mol. The van der Waals surface area contributed by atoms with Gasteiger partial charge in [-0.2, -0.15) is 0 Å². The number of likely N-dealkylation sites (tertiary alicyclic amines) is 1. The summed E-state index contributed by atoms with van der Waals surface area (Å²) in [6.45, 7) is 5.12. The summed E-state index contributed by atoms with van der Waals surface area (Å²) in [6, 6.07) is 3.58. The van der Waals surface area contributed by atoms with Gasteiger partial charge in [-0.15, -0.1) is 0 Å². The molecule has 1 aliphatic heterocycles. The Morgan fingerprint density at radius 1 is 1.38 bits per heavy atom. The molecule has 0 aromatic heterocycles. The molecule has 1 saturated heterocycles. The van der Waals surface area contributed by atoms with Crippen molar-refractivity contribution in [1.82, 2.24) is 9.62 Å². The predicted molar refractivity (Wildman–Crippen MR) is 80.8 cm³/mol. The van der Waals surface area contributed by atoms with E-state index in [9.17, 15) is 12.8 Å². The third-order valence-corrected chi connectivity index (χ3v) is 5.34. The number of rotatable bonds is 5. The van der Waals surface area contributed by atoms with Crippen LogP contribution in [0.15, 0.2) is 23.1 Å². The molecule has 1 aromatic carbocycles. The topological polar surface area (TPSA) is 75.4 Å². The van der Waals surface area contributed by atoms with Crippen molar-refractivity contribution >= 4 is 15.7 Å². The number of piperidine rings is 1. The van der Waals surface area contributed by atoms with Crippen LogP contribution in [-0.2, 0) is 10.0 Å². The number of nitrogen functional groups attached to an aromatic ring is 1. The number of nitrogens with zero attached hydrogens (tertiary/aromatic N) is 1. The van der Waals surface area contributed by atoms with Crippen molar-refractivity contribution in [2.45, 2.75) is 24.7 Å². The first-order chi connectivity index (χ1) is 9.88. The SMILES string of the molecule is CC1CCN(CCNS(=O)(=O)c2ccc(N)cc2F)CC1. The average molecular weight is 315 g/mol. The van der Waals surface area contributed by atoms with E-state index in [1.165, 1.54) is 12.1 Å². The fourth-order valence-corrected chi connectivity index (χ4v) is 3.51. The van der Waals surface area contributed by atoms with Crippen molar-refractivity contribution in [3.63, 3.8) is 0 Å². The maximum absolute atomic E-state index is 13.7. The van der Waals surface area contributed by atoms with Crippen LogP contribution in [0, 0.1) is 11.7 Å². The van der Waals surface area contributed by atoms with Crippen molar-refractivity contribution < 1.29 is 12.8 Å². The second-order valence-electron chi connectivity index (χ2n) is 5.61. The molecule has 7 heteroatoms. The molecule has 1 aromatic rings. The molecule has 3 N–H and O–H groups in total. The van der Waals surface area contributed by atoms with Crippen molar-refractivity contribution in [2.24, 2.45) is 5.92 Å². The van der Waals surface area contributed by atoms with E-state index in [0.717, 1.165) is 37.9 Å². The van der Waals surface area contributed by atoms with E-state index in [4.69, 9.17) is 5.73 Å². The Morgan fingerprint density at radius 2 is 2.05 bits per heavy atom. The number of sulfonamides is 1. The van der Waals surface area contributed by atoms with Gasteiger partial charge in [0.15, 0.2) is 0 Å². The van der Waals surface area contributed by atoms with Gasteiger partial charge in [0, 0.05) is 18.8 Å². The predicted octanol–water partition coefficient (Wildman–Crippen LogP) is 1.42. The number of hydrogen-bond donors (Lipinski definition) is 2. The molecule has 1 heterocycles. The smallest absolute Gasteiger partial charge is 0.243 e. The molecule has 118 valence electrons. The van der Waals surface area contributed by atoms with Crippen LogP contribution in [0.2, 0.25) is 0 Å². The van der Waals surface area contributed by atoms with Gasteiger partial charge in [-0.25, -0.2) is 17.5 Å². The van der Waals surface area contributed by atoms with E-state index in [1.807, 2.05) is 0 Å². The number of benzene rings is 1. The first kappa shape index (κ1) is 16.2. The zero-order valence-corrected chi connectivity index (χ0v) is 13.0. The Bertz CT molecular complexity index is 584. The fraction of sp³-hybridized carbons (Fsp3) is 0.571. The molecule has 0 spiro atoms. The Labute approximate surface area is 125 Å². The highest BCUT2D eigenvalue weighted by Crippen LogP contribution is 2.17. The minimum Gasteiger partial charge on any atom is -0.399 e. The molecule has 0 unspecified atom stereocenters. The number of nitrogens with two attached hydrogens (primary N) is 1. The third kappa shape index (κ3) is 4.39. The lowest BCUT2D eigenvalue weighted by molar-refractivity contribution is 0.195. The highest BCUT2D eigenvalue weighted by Gasteiger charge is 2.20. The summed E-state index contributed by atoms with van der Waals surface area (Å²) in [7, 11) is -3.83. The molecule has 0 radical (unpaired) electrons. The molecule has 0 atom stereocenters. The molecule has 0 aliphatic carbocycles. The summed E-state index contributed by atoms with van der Waals surface area (Å²) in [5, 5.41) is 0. The summed E-state index contributed by atoms with van der Waals surface area (Å²) < 4.78 is 40.2. The van der Waals surface area contributed by atoms with Gasteiger partial charge in [-0.3, -0.25) is 0 Å². The summed E-state index contributed by atoms with van der Waals surface area (Å²) in [4.78, 5) is 1.87. The first-order valence-corrected chi connectivity index (χ1v) is 8.64. The number of halogens is 1. The van der Waals surface area contributed by atoms with Crippen LogP contribution < -0.4 is 10.5 Å². The standard InChI is InChI=1S/C14H22FN3O2S/c1-11-4-7-18(8-5-11)9-6-17-21(19,20)14-3-2-12(16)10-13(14)15/h2-3,10-11,17H,4-9,16H2,1H3. The lowest BCUT2D eigenvalue weighted by atomic mass is 9.99. The monoisotopic (exact) mass is 315 g/mol. The van der Waals surface area contributed by atoms with Crippen LogP contribution in [0.25, 0.3) is 0 Å². The Hall–Kier alpha value is -1.18. The minimum atomic E-state index is -3.83. The first-order valence-electron chi connectivity index (χ1n) is 7.15. The van der Waals surface area contributed by atoms with Gasteiger partial charge in [0.05, 0.1) is 0 Å². The van der Waals surface area contributed by atoms with Gasteiger partial charge in [0.2, 0.25) is 10.0 Å². The minimum absolute atomic E-state index is 0.203. The highest BCUT2D eigenvalue weighted by atomic mass is 32.2. The van der Waals surface area contributed by atoms with Gasteiger partial charge in [-0.05, 0) is 50.0 Å². The van der Waals surface area contributed by atoms with E-state index < -0.39 is 15.8 Å². The number of nitrogens with one attached hydrogen (secondary N) is 1. The summed E-state index contributed by atoms with van der Waals surface area (Å²) >= 11 is 0. The van der Waals surface area contributed by atoms with Gasteiger partial charge in [0.25, 0.3) is 0 Å². The second-order valence-corrected chi connectivity index (χ2v) is 7.35. The van der Waals surface area contributed by atoms with E-state index in [2.05, 4.69) is 16.5 Å². The fourth-order valence-electron chi connectivity index (χ4n) is 2.44. The molecule has 5 nitrogen and oxygen atoms in total. The Kier molecular flexibility index (Phi) is 5.18. The molecule has 0 bridgehead atoms. The third-order valence-electron chi connectivity index (χ3n) is 3.84. The normalized spacial score (nSPS) is 18.0.